The third kappa shape index (κ3) is 3.13. The summed E-state index contributed by atoms with van der Waals surface area (Å²) in [4.78, 5) is 30.9. The number of aliphatic hydroxyl groups excluding tert-OH is 1. The molecule has 2 heterocycles. The molecule has 1 spiro atoms. The van der Waals surface area contributed by atoms with Crippen LogP contribution < -0.4 is 10.2 Å². The molecule has 1 fully saturated rings. The average Bonchev–Trinajstić information content (AvgIpc) is 2.93. The molecule has 144 valence electrons. The summed E-state index contributed by atoms with van der Waals surface area (Å²) in [5.41, 5.74) is -0.416. The minimum atomic E-state index is -1.09. The third-order valence-electron chi connectivity index (χ3n) is 5.44. The molecule has 2 aliphatic rings. The lowest BCUT2D eigenvalue weighted by atomic mass is 9.71. The van der Waals surface area contributed by atoms with Crippen LogP contribution in [0.3, 0.4) is 0 Å². The van der Waals surface area contributed by atoms with Crippen LogP contribution in [0.2, 0.25) is 0 Å². The average molecular weight is 381 g/mol. The second kappa shape index (κ2) is 7.07. The molecule has 2 amide bonds. The lowest BCUT2D eigenvalue weighted by Gasteiger charge is -2.37. The number of amides is 2. The van der Waals surface area contributed by atoms with Crippen molar-refractivity contribution in [1.82, 2.24) is 10.3 Å². The van der Waals surface area contributed by atoms with Crippen LogP contribution in [0.25, 0.3) is 0 Å². The summed E-state index contributed by atoms with van der Waals surface area (Å²) in [6, 6.07) is 10.5. The molecule has 2 atom stereocenters. The lowest BCUT2D eigenvalue weighted by Crippen LogP contribution is -2.47. The second-order valence-corrected chi connectivity index (χ2v) is 7.23. The summed E-state index contributed by atoms with van der Waals surface area (Å²) in [6.07, 6.45) is 5.06. The van der Waals surface area contributed by atoms with E-state index in [1.54, 1.807) is 30.5 Å². The zero-order valence-corrected chi connectivity index (χ0v) is 15.1. The second-order valence-electron chi connectivity index (χ2n) is 7.23. The number of nitrogens with one attached hydrogen (secondary N) is 1. The van der Waals surface area contributed by atoms with Gasteiger partial charge in [0.1, 0.15) is 22.7 Å². The topological polar surface area (TPSA) is 82.5 Å². The molecule has 28 heavy (non-hydrogen) atoms. The van der Waals surface area contributed by atoms with E-state index in [4.69, 9.17) is 0 Å². The van der Waals surface area contributed by atoms with Crippen LogP contribution in [-0.4, -0.2) is 27.9 Å². The van der Waals surface area contributed by atoms with E-state index in [0.717, 1.165) is 0 Å². The van der Waals surface area contributed by atoms with Crippen LogP contribution in [0, 0.1) is 11.2 Å². The highest BCUT2D eigenvalue weighted by Crippen LogP contribution is 2.47. The molecule has 6 nitrogen and oxygen atoms in total. The maximum Gasteiger partial charge on any atom is 0.270 e. The van der Waals surface area contributed by atoms with E-state index < -0.39 is 11.2 Å². The number of benzene rings is 1. The Labute approximate surface area is 161 Å². The molecule has 2 N–H and O–H groups in total. The zero-order chi connectivity index (χ0) is 19.7. The molecule has 4 rings (SSSR count). The Bertz CT molecular complexity index is 947. The molecule has 0 radical (unpaired) electrons. The predicted molar refractivity (Wildman–Crippen MR) is 101 cm³/mol. The normalized spacial score (nSPS) is 24.3. The molecular formula is C21H20FN3O3. The molecular weight excluding hydrogens is 361 g/mol. The number of rotatable bonds is 3. The maximum absolute atomic E-state index is 13.6. The third-order valence-corrected chi connectivity index (χ3v) is 5.44. The van der Waals surface area contributed by atoms with E-state index in [0.29, 0.717) is 37.1 Å². The SMILES string of the molecule is O=C(NC1CCCC2(C1)C(=O)N(c1cccc(F)c1)C=C2O)c1ccccn1. The van der Waals surface area contributed by atoms with Gasteiger partial charge in [-0.15, -0.1) is 0 Å². The number of anilines is 1. The van der Waals surface area contributed by atoms with Gasteiger partial charge in [-0.1, -0.05) is 12.1 Å². The van der Waals surface area contributed by atoms with E-state index in [2.05, 4.69) is 10.3 Å². The Morgan fingerprint density at radius 2 is 2.14 bits per heavy atom. The van der Waals surface area contributed by atoms with Crippen molar-refractivity contribution < 1.29 is 19.1 Å². The van der Waals surface area contributed by atoms with Crippen LogP contribution in [0.1, 0.15) is 36.2 Å². The van der Waals surface area contributed by atoms with Gasteiger partial charge >= 0.3 is 0 Å². The van der Waals surface area contributed by atoms with Gasteiger partial charge in [0, 0.05) is 12.2 Å². The molecule has 1 aliphatic heterocycles. The van der Waals surface area contributed by atoms with Crippen molar-refractivity contribution in [3.05, 3.63) is 72.1 Å². The fourth-order valence-corrected chi connectivity index (χ4v) is 4.04. The van der Waals surface area contributed by atoms with E-state index in [9.17, 15) is 19.1 Å². The van der Waals surface area contributed by atoms with Gasteiger partial charge in [-0.3, -0.25) is 19.5 Å². The smallest absolute Gasteiger partial charge is 0.270 e. The largest absolute Gasteiger partial charge is 0.510 e. The van der Waals surface area contributed by atoms with Crippen LogP contribution >= 0.6 is 0 Å². The quantitative estimate of drug-likeness (QED) is 0.854. The molecule has 0 bridgehead atoms. The van der Waals surface area contributed by atoms with Crippen molar-refractivity contribution in [2.45, 2.75) is 31.7 Å². The first-order valence-electron chi connectivity index (χ1n) is 9.22. The standard InChI is InChI=1S/C21H20FN3O3/c22-14-5-3-7-16(11-14)25-13-18(26)21(20(25)28)9-4-6-15(12-21)24-19(27)17-8-1-2-10-23-17/h1-3,5,7-8,10-11,13,15,26H,4,6,9,12H2,(H,24,27). The first-order chi connectivity index (χ1) is 13.5. The fourth-order valence-electron chi connectivity index (χ4n) is 4.04. The van der Waals surface area contributed by atoms with Gasteiger partial charge in [0.15, 0.2) is 0 Å². The highest BCUT2D eigenvalue weighted by Gasteiger charge is 2.52. The Morgan fingerprint density at radius 1 is 1.29 bits per heavy atom. The lowest BCUT2D eigenvalue weighted by molar-refractivity contribution is -0.127. The molecule has 1 aliphatic carbocycles. The number of pyridine rings is 1. The molecule has 0 saturated heterocycles. The first kappa shape index (κ1) is 18.2. The van der Waals surface area contributed by atoms with Crippen LogP contribution in [0.15, 0.2) is 60.6 Å². The number of carbonyl (C=O) groups is 2. The van der Waals surface area contributed by atoms with Crippen molar-refractivity contribution in [2.24, 2.45) is 5.41 Å². The van der Waals surface area contributed by atoms with Crippen LogP contribution in [-0.2, 0) is 4.79 Å². The van der Waals surface area contributed by atoms with Crippen molar-refractivity contribution in [1.29, 1.82) is 0 Å². The van der Waals surface area contributed by atoms with Gasteiger partial charge in [0.05, 0.1) is 11.9 Å². The molecule has 2 aromatic rings. The molecule has 1 aromatic carbocycles. The highest BCUT2D eigenvalue weighted by molar-refractivity contribution is 6.04. The Kier molecular flexibility index (Phi) is 4.58. The Balaban J connectivity index is 1.54. The van der Waals surface area contributed by atoms with E-state index in [1.165, 1.54) is 29.3 Å². The van der Waals surface area contributed by atoms with Crippen molar-refractivity contribution in [3.8, 4) is 0 Å². The monoisotopic (exact) mass is 381 g/mol. The fraction of sp³-hybridized carbons (Fsp3) is 0.286. The summed E-state index contributed by atoms with van der Waals surface area (Å²) >= 11 is 0. The van der Waals surface area contributed by atoms with Gasteiger partial charge in [0.2, 0.25) is 5.91 Å². The zero-order valence-electron chi connectivity index (χ0n) is 15.1. The Hall–Kier alpha value is -3.22. The highest BCUT2D eigenvalue weighted by atomic mass is 19.1. The van der Waals surface area contributed by atoms with E-state index >= 15 is 0 Å². The van der Waals surface area contributed by atoms with E-state index in [-0.39, 0.29) is 23.6 Å². The van der Waals surface area contributed by atoms with Gasteiger partial charge in [-0.2, -0.15) is 0 Å². The molecule has 2 unspecified atom stereocenters. The number of aliphatic hydroxyl groups is 1. The minimum absolute atomic E-state index is 0.0430. The van der Waals surface area contributed by atoms with Crippen LogP contribution in [0.4, 0.5) is 10.1 Å². The van der Waals surface area contributed by atoms with Crippen molar-refractivity contribution in [3.63, 3.8) is 0 Å². The van der Waals surface area contributed by atoms with Crippen molar-refractivity contribution in [2.75, 3.05) is 4.90 Å². The summed E-state index contributed by atoms with van der Waals surface area (Å²) < 4.78 is 13.6. The molecule has 1 saturated carbocycles. The summed E-state index contributed by atoms with van der Waals surface area (Å²) in [7, 11) is 0. The maximum atomic E-state index is 13.6. The number of aromatic nitrogens is 1. The summed E-state index contributed by atoms with van der Waals surface area (Å²) in [5, 5.41) is 13.5. The number of halogens is 1. The van der Waals surface area contributed by atoms with Gasteiger partial charge in [-0.05, 0) is 56.0 Å². The van der Waals surface area contributed by atoms with Crippen LogP contribution in [0.5, 0.6) is 0 Å². The number of hydrogen-bond acceptors (Lipinski definition) is 4. The van der Waals surface area contributed by atoms with Gasteiger partial charge in [-0.25, -0.2) is 4.39 Å². The first-order valence-corrected chi connectivity index (χ1v) is 9.22. The van der Waals surface area contributed by atoms with Gasteiger partial charge in [0.25, 0.3) is 5.91 Å². The molecule has 7 heteroatoms. The van der Waals surface area contributed by atoms with Gasteiger partial charge < -0.3 is 10.4 Å². The van der Waals surface area contributed by atoms with E-state index in [1.807, 2.05) is 0 Å². The Morgan fingerprint density at radius 3 is 2.89 bits per heavy atom. The predicted octanol–water partition coefficient (Wildman–Crippen LogP) is 3.33. The summed E-state index contributed by atoms with van der Waals surface area (Å²) in [5.74, 6) is -1.10. The number of hydrogen-bond donors (Lipinski definition) is 2. The number of carbonyl (C=O) groups excluding carboxylic acids is 2. The molecule has 1 aromatic heterocycles. The number of nitrogens with zero attached hydrogens (tertiary/aromatic N) is 2. The minimum Gasteiger partial charge on any atom is -0.510 e. The summed E-state index contributed by atoms with van der Waals surface area (Å²) in [6.45, 7) is 0. The van der Waals surface area contributed by atoms with Crippen molar-refractivity contribution >= 4 is 17.5 Å².